The van der Waals surface area contributed by atoms with E-state index in [2.05, 4.69) is 22.1 Å². The Labute approximate surface area is 179 Å². The molecule has 1 aliphatic rings. The maximum Gasteiger partial charge on any atom is 0.259 e. The number of amides is 1. The zero-order valence-electron chi connectivity index (χ0n) is 16.9. The molecule has 0 atom stereocenters. The molecule has 156 valence electrons. The van der Waals surface area contributed by atoms with Gasteiger partial charge in [-0.3, -0.25) is 4.79 Å². The quantitative estimate of drug-likeness (QED) is 0.510. The van der Waals surface area contributed by atoms with Crippen molar-refractivity contribution in [3.63, 3.8) is 0 Å². The van der Waals surface area contributed by atoms with E-state index < -0.39 is 0 Å². The summed E-state index contributed by atoms with van der Waals surface area (Å²) >= 11 is 0. The van der Waals surface area contributed by atoms with E-state index in [9.17, 15) is 9.18 Å². The lowest BCUT2D eigenvalue weighted by Gasteiger charge is -2.36. The Morgan fingerprint density at radius 2 is 1.48 bits per heavy atom. The highest BCUT2D eigenvalue weighted by Crippen LogP contribution is 2.23. The molecule has 1 fully saturated rings. The summed E-state index contributed by atoms with van der Waals surface area (Å²) in [5.41, 5.74) is 2.39. The summed E-state index contributed by atoms with van der Waals surface area (Å²) in [6.45, 7) is 2.84. The van der Waals surface area contributed by atoms with Gasteiger partial charge in [0.25, 0.3) is 5.91 Å². The van der Waals surface area contributed by atoms with E-state index in [0.29, 0.717) is 30.2 Å². The summed E-state index contributed by atoms with van der Waals surface area (Å²) in [5, 5.41) is 4.47. The Balaban J connectivity index is 1.42. The van der Waals surface area contributed by atoms with Crippen molar-refractivity contribution in [2.45, 2.75) is 0 Å². The molecule has 1 amide bonds. The largest absolute Gasteiger partial charge is 0.368 e. The van der Waals surface area contributed by atoms with Gasteiger partial charge in [0.1, 0.15) is 11.4 Å². The van der Waals surface area contributed by atoms with Crippen LogP contribution >= 0.6 is 0 Å². The van der Waals surface area contributed by atoms with E-state index in [1.54, 1.807) is 23.0 Å². The highest BCUT2D eigenvalue weighted by Gasteiger charge is 2.27. The van der Waals surface area contributed by atoms with Crippen LogP contribution in [0.25, 0.3) is 11.5 Å². The van der Waals surface area contributed by atoms with Crippen LogP contribution in [-0.2, 0) is 0 Å². The summed E-state index contributed by atoms with van der Waals surface area (Å²) in [6.07, 6.45) is 5.35. The first kappa shape index (κ1) is 19.1. The van der Waals surface area contributed by atoms with E-state index in [4.69, 9.17) is 0 Å². The minimum absolute atomic E-state index is 0.0511. The summed E-state index contributed by atoms with van der Waals surface area (Å²) in [5.74, 6) is 0.280. The molecule has 7 heteroatoms. The number of benzene rings is 2. The van der Waals surface area contributed by atoms with Crippen molar-refractivity contribution in [2.75, 3.05) is 31.1 Å². The number of aromatic nitrogens is 3. The number of carbonyl (C=O) groups excluding carboxylic acids is 1. The molecule has 6 nitrogen and oxygen atoms in total. The molecule has 5 rings (SSSR count). The van der Waals surface area contributed by atoms with Crippen LogP contribution in [0.4, 0.5) is 10.1 Å². The van der Waals surface area contributed by atoms with Crippen molar-refractivity contribution in [1.29, 1.82) is 0 Å². The van der Waals surface area contributed by atoms with Gasteiger partial charge in [-0.25, -0.2) is 9.07 Å². The minimum Gasteiger partial charge on any atom is -0.368 e. The van der Waals surface area contributed by atoms with Gasteiger partial charge in [0, 0.05) is 44.3 Å². The Morgan fingerprint density at radius 1 is 0.806 bits per heavy atom. The molecule has 0 bridgehead atoms. The molecular formula is C24H22FN5O. The van der Waals surface area contributed by atoms with Gasteiger partial charge < -0.3 is 14.4 Å². The maximum atomic E-state index is 13.4. The van der Waals surface area contributed by atoms with Gasteiger partial charge in [0.15, 0.2) is 5.82 Å². The molecule has 4 aromatic rings. The number of hydrogen-bond donors (Lipinski definition) is 0. The summed E-state index contributed by atoms with van der Waals surface area (Å²) in [4.78, 5) is 17.6. The Hall–Kier alpha value is -3.87. The first-order valence-corrected chi connectivity index (χ1v) is 10.3. The first-order valence-electron chi connectivity index (χ1n) is 10.3. The standard InChI is InChI=1S/C24H22FN5O/c25-19-8-10-21(11-9-19)30-23(28-12-4-5-13-28)22(18-26-30)24(31)29-16-14-27(15-17-29)20-6-2-1-3-7-20/h1-13,18H,14-17H2. The van der Waals surface area contributed by atoms with Gasteiger partial charge >= 0.3 is 0 Å². The number of piperazine rings is 1. The van der Waals surface area contributed by atoms with E-state index >= 15 is 0 Å². The number of halogens is 1. The Kier molecular flexibility index (Phi) is 5.00. The van der Waals surface area contributed by atoms with Crippen LogP contribution in [-0.4, -0.2) is 51.3 Å². The van der Waals surface area contributed by atoms with Gasteiger partial charge in [-0.05, 0) is 48.5 Å². The van der Waals surface area contributed by atoms with Gasteiger partial charge in [-0.1, -0.05) is 18.2 Å². The molecule has 0 saturated carbocycles. The minimum atomic E-state index is -0.314. The van der Waals surface area contributed by atoms with Gasteiger partial charge in [-0.15, -0.1) is 0 Å². The molecular weight excluding hydrogens is 393 g/mol. The zero-order valence-corrected chi connectivity index (χ0v) is 16.9. The predicted molar refractivity (Wildman–Crippen MR) is 117 cm³/mol. The van der Waals surface area contributed by atoms with Crippen LogP contribution in [0.2, 0.25) is 0 Å². The molecule has 0 aliphatic carbocycles. The summed E-state index contributed by atoms with van der Waals surface area (Å²) in [7, 11) is 0. The van der Waals surface area contributed by atoms with Crippen LogP contribution in [0.5, 0.6) is 0 Å². The average Bonchev–Trinajstić information content (AvgIpc) is 3.50. The molecule has 0 spiro atoms. The molecule has 2 aromatic carbocycles. The lowest BCUT2D eigenvalue weighted by molar-refractivity contribution is 0.0747. The number of carbonyl (C=O) groups is 1. The van der Waals surface area contributed by atoms with Crippen molar-refractivity contribution in [3.8, 4) is 11.5 Å². The van der Waals surface area contributed by atoms with Gasteiger partial charge in [0.2, 0.25) is 0 Å². The molecule has 31 heavy (non-hydrogen) atoms. The number of para-hydroxylation sites is 1. The van der Waals surface area contributed by atoms with Crippen molar-refractivity contribution in [2.24, 2.45) is 0 Å². The fourth-order valence-electron chi connectivity index (χ4n) is 3.97. The van der Waals surface area contributed by atoms with E-state index in [-0.39, 0.29) is 11.7 Å². The van der Waals surface area contributed by atoms with Crippen LogP contribution < -0.4 is 4.90 Å². The maximum absolute atomic E-state index is 13.4. The number of rotatable bonds is 4. The highest BCUT2D eigenvalue weighted by molar-refractivity contribution is 5.97. The Bertz CT molecular complexity index is 1160. The van der Waals surface area contributed by atoms with E-state index in [1.807, 2.05) is 52.2 Å². The van der Waals surface area contributed by atoms with Crippen molar-refractivity contribution < 1.29 is 9.18 Å². The highest BCUT2D eigenvalue weighted by atomic mass is 19.1. The molecule has 0 unspecified atom stereocenters. The molecule has 1 aliphatic heterocycles. The van der Waals surface area contributed by atoms with Gasteiger partial charge in [0.05, 0.1) is 11.9 Å². The average molecular weight is 415 g/mol. The molecule has 2 aromatic heterocycles. The lowest BCUT2D eigenvalue weighted by atomic mass is 10.2. The number of hydrogen-bond acceptors (Lipinski definition) is 3. The second kappa shape index (κ2) is 8.10. The number of anilines is 1. The number of nitrogens with zero attached hydrogens (tertiary/aromatic N) is 5. The molecule has 0 N–H and O–H groups in total. The van der Waals surface area contributed by atoms with Crippen LogP contribution in [0.15, 0.2) is 85.3 Å². The van der Waals surface area contributed by atoms with E-state index in [1.165, 1.54) is 17.8 Å². The van der Waals surface area contributed by atoms with Crippen molar-refractivity contribution in [3.05, 3.63) is 96.7 Å². The third-order valence-electron chi connectivity index (χ3n) is 5.58. The predicted octanol–water partition coefficient (Wildman–Crippen LogP) is 3.76. The van der Waals surface area contributed by atoms with Crippen LogP contribution in [0, 0.1) is 5.82 Å². The zero-order chi connectivity index (χ0) is 21.2. The lowest BCUT2D eigenvalue weighted by Crippen LogP contribution is -2.48. The van der Waals surface area contributed by atoms with Crippen molar-refractivity contribution in [1.82, 2.24) is 19.2 Å². The molecule has 3 heterocycles. The molecule has 0 radical (unpaired) electrons. The smallest absolute Gasteiger partial charge is 0.259 e. The third-order valence-corrected chi connectivity index (χ3v) is 5.58. The van der Waals surface area contributed by atoms with Crippen LogP contribution in [0.1, 0.15) is 10.4 Å². The summed E-state index contributed by atoms with van der Waals surface area (Å²) in [6, 6.07) is 20.1. The normalized spacial score (nSPS) is 14.1. The summed E-state index contributed by atoms with van der Waals surface area (Å²) < 4.78 is 16.9. The first-order chi connectivity index (χ1) is 15.2. The van der Waals surface area contributed by atoms with Crippen molar-refractivity contribution >= 4 is 11.6 Å². The topological polar surface area (TPSA) is 46.3 Å². The Morgan fingerprint density at radius 3 is 2.16 bits per heavy atom. The second-order valence-corrected chi connectivity index (χ2v) is 7.48. The third kappa shape index (κ3) is 3.70. The fraction of sp³-hybridized carbons (Fsp3) is 0.167. The van der Waals surface area contributed by atoms with Gasteiger partial charge in [-0.2, -0.15) is 5.10 Å². The van der Waals surface area contributed by atoms with Crippen LogP contribution in [0.3, 0.4) is 0 Å². The van der Waals surface area contributed by atoms with E-state index in [0.717, 1.165) is 13.1 Å². The monoisotopic (exact) mass is 415 g/mol. The fourth-order valence-corrected chi connectivity index (χ4v) is 3.97. The SMILES string of the molecule is O=C(c1cnn(-c2ccc(F)cc2)c1-n1cccc1)N1CCN(c2ccccc2)CC1. The second-order valence-electron chi connectivity index (χ2n) is 7.48. The molecule has 1 saturated heterocycles.